The standard InChI is InChI=1S/C50H66N4O8/c1-4-7-10-13-19-32-35-22-23-37(51-35)33(20-14-11-8-5-2)43-46(57)47(58)44(54-43)34(21-15-12-9-6-3)38-25-27-40(53-38)42(39-26-24-36(32)52-39)30-17-16-18-31(28-30)61-50-49(60)48(59)45(56)41(29-55)62-50/h16-18,22-28,41,45-51,53,55-60H,4-15,19-21,29H2,1-3H3/t41?,45-,46?,47?,48?,49?,50-/m1/s1. The Bertz CT molecular complexity index is 2320. The molecule has 0 amide bonds. The van der Waals surface area contributed by atoms with Crippen molar-refractivity contribution in [2.45, 2.75) is 160 Å². The van der Waals surface area contributed by atoms with Crippen LogP contribution in [0.2, 0.25) is 0 Å². The van der Waals surface area contributed by atoms with Crippen molar-refractivity contribution in [1.29, 1.82) is 0 Å². The van der Waals surface area contributed by atoms with Gasteiger partial charge in [-0.1, -0.05) is 90.7 Å². The van der Waals surface area contributed by atoms with Gasteiger partial charge >= 0.3 is 0 Å². The van der Waals surface area contributed by atoms with Gasteiger partial charge in [0.05, 0.1) is 29.4 Å². The number of aromatic nitrogens is 4. The van der Waals surface area contributed by atoms with Crippen molar-refractivity contribution in [2.75, 3.05) is 6.61 Å². The lowest BCUT2D eigenvalue weighted by atomic mass is 9.98. The minimum atomic E-state index is -1.58. The summed E-state index contributed by atoms with van der Waals surface area (Å²) in [6, 6.07) is 15.5. The van der Waals surface area contributed by atoms with Crippen LogP contribution in [0.15, 0.2) is 48.5 Å². The molecule has 4 aromatic rings. The Balaban J connectivity index is 1.47. The Labute approximate surface area is 364 Å². The number of hydrogen-bond donors (Lipinski definition) is 8. The van der Waals surface area contributed by atoms with Gasteiger partial charge in [0.15, 0.2) is 0 Å². The van der Waals surface area contributed by atoms with Crippen LogP contribution in [0.25, 0.3) is 45.3 Å². The van der Waals surface area contributed by atoms with Crippen LogP contribution in [-0.2, 0) is 24.0 Å². The van der Waals surface area contributed by atoms with Crippen molar-refractivity contribution < 1.29 is 40.1 Å². The number of rotatable bonds is 19. The average Bonchev–Trinajstić information content (AvgIpc) is 4.11. The van der Waals surface area contributed by atoms with Gasteiger partial charge in [-0.05, 0) is 104 Å². The number of aromatic amines is 2. The van der Waals surface area contributed by atoms with E-state index in [0.29, 0.717) is 23.6 Å². The Morgan fingerprint density at radius 1 is 0.581 bits per heavy atom. The predicted molar refractivity (Wildman–Crippen MR) is 243 cm³/mol. The van der Waals surface area contributed by atoms with Crippen LogP contribution >= 0.6 is 0 Å². The summed E-state index contributed by atoms with van der Waals surface area (Å²) in [5, 5.41) is 65.2. The molecule has 3 aliphatic heterocycles. The maximum Gasteiger partial charge on any atom is 0.229 e. The number of aliphatic hydroxyl groups is 6. The van der Waals surface area contributed by atoms with Crippen LogP contribution in [-0.4, -0.2) is 87.9 Å². The molecule has 7 atom stereocenters. The van der Waals surface area contributed by atoms with Crippen molar-refractivity contribution in [1.82, 2.24) is 19.9 Å². The van der Waals surface area contributed by atoms with Gasteiger partial charge in [-0.25, -0.2) is 4.98 Å². The van der Waals surface area contributed by atoms with E-state index in [-0.39, 0.29) is 0 Å². The minimum absolute atomic E-state index is 0.331. The van der Waals surface area contributed by atoms with Gasteiger partial charge in [0.1, 0.15) is 42.4 Å². The molecule has 62 heavy (non-hydrogen) atoms. The Kier molecular flexibility index (Phi) is 15.7. The lowest BCUT2D eigenvalue weighted by Crippen LogP contribution is -2.60. The number of unbranched alkanes of at least 4 members (excludes halogenated alkanes) is 9. The second-order valence-electron chi connectivity index (χ2n) is 17.1. The quantitative estimate of drug-likeness (QED) is 0.0373. The van der Waals surface area contributed by atoms with Gasteiger partial charge in [0.25, 0.3) is 0 Å². The molecule has 1 fully saturated rings. The third kappa shape index (κ3) is 10.0. The highest BCUT2D eigenvalue weighted by molar-refractivity contribution is 5.92. The number of aliphatic hydroxyl groups excluding tert-OH is 6. The highest BCUT2D eigenvalue weighted by Gasteiger charge is 2.44. The summed E-state index contributed by atoms with van der Waals surface area (Å²) < 4.78 is 11.8. The lowest BCUT2D eigenvalue weighted by molar-refractivity contribution is -0.277. The van der Waals surface area contributed by atoms with E-state index in [1.807, 2.05) is 36.4 Å². The molecule has 6 heterocycles. The number of nitrogens with one attached hydrogen (secondary N) is 2. The molecule has 334 valence electrons. The Morgan fingerprint density at radius 3 is 1.69 bits per heavy atom. The van der Waals surface area contributed by atoms with Gasteiger partial charge in [-0.3, -0.25) is 4.98 Å². The molecule has 3 aliphatic rings. The second kappa shape index (κ2) is 21.3. The average molecular weight is 851 g/mol. The first-order chi connectivity index (χ1) is 30.2. The van der Waals surface area contributed by atoms with E-state index in [2.05, 4.69) is 48.9 Å². The smallest absolute Gasteiger partial charge is 0.229 e. The van der Waals surface area contributed by atoms with Gasteiger partial charge in [0.2, 0.25) is 6.29 Å². The molecule has 0 spiro atoms. The molecule has 0 radical (unpaired) electrons. The summed E-state index contributed by atoms with van der Waals surface area (Å²) in [5.74, 6) is 0.331. The molecule has 7 rings (SSSR count). The molecule has 5 unspecified atom stereocenters. The van der Waals surface area contributed by atoms with Crippen molar-refractivity contribution in [2.24, 2.45) is 0 Å². The van der Waals surface area contributed by atoms with E-state index in [4.69, 9.17) is 19.4 Å². The van der Waals surface area contributed by atoms with Crippen LogP contribution in [0.4, 0.5) is 0 Å². The Morgan fingerprint density at radius 2 is 1.11 bits per heavy atom. The maximum absolute atomic E-state index is 11.9. The van der Waals surface area contributed by atoms with Gasteiger partial charge in [-0.2, -0.15) is 0 Å². The lowest BCUT2D eigenvalue weighted by Gasteiger charge is -2.39. The third-order valence-corrected chi connectivity index (χ3v) is 12.6. The zero-order chi connectivity index (χ0) is 43.8. The highest BCUT2D eigenvalue weighted by atomic mass is 16.7. The van der Waals surface area contributed by atoms with E-state index < -0.39 is 49.5 Å². The molecule has 1 aromatic carbocycles. The number of nitrogens with zero attached hydrogens (tertiary/aromatic N) is 2. The number of fused-ring (bicyclic) bond motifs is 8. The minimum Gasteiger partial charge on any atom is -0.462 e. The number of ether oxygens (including phenoxy) is 2. The summed E-state index contributed by atoms with van der Waals surface area (Å²) in [5.41, 5.74) is 10.4. The van der Waals surface area contributed by atoms with E-state index in [9.17, 15) is 30.6 Å². The molecular formula is C50H66N4O8. The number of aryl methyl sites for hydroxylation is 3. The zero-order valence-electron chi connectivity index (χ0n) is 36.5. The molecule has 12 heteroatoms. The molecule has 12 nitrogen and oxygen atoms in total. The third-order valence-electron chi connectivity index (χ3n) is 12.6. The summed E-state index contributed by atoms with van der Waals surface area (Å²) in [4.78, 5) is 18.0. The van der Waals surface area contributed by atoms with Crippen molar-refractivity contribution in [3.8, 4) is 16.9 Å². The first-order valence-corrected chi connectivity index (χ1v) is 23.1. The molecule has 8 N–H and O–H groups in total. The summed E-state index contributed by atoms with van der Waals surface area (Å²) in [7, 11) is 0. The molecule has 1 saturated heterocycles. The molecule has 8 bridgehead atoms. The fraction of sp³-hybridized carbons (Fsp3) is 0.520. The van der Waals surface area contributed by atoms with E-state index in [0.717, 1.165) is 151 Å². The second-order valence-corrected chi connectivity index (χ2v) is 17.1. The number of hydrogen-bond acceptors (Lipinski definition) is 10. The van der Waals surface area contributed by atoms with Crippen LogP contribution < -0.4 is 4.74 Å². The molecular weight excluding hydrogens is 785 g/mol. The van der Waals surface area contributed by atoms with Gasteiger partial charge in [-0.15, -0.1) is 0 Å². The monoisotopic (exact) mass is 850 g/mol. The van der Waals surface area contributed by atoms with Crippen molar-refractivity contribution >= 4 is 34.2 Å². The van der Waals surface area contributed by atoms with E-state index in [1.54, 1.807) is 6.07 Å². The fourth-order valence-electron chi connectivity index (χ4n) is 9.04. The number of H-pyrrole nitrogens is 2. The fourth-order valence-corrected chi connectivity index (χ4v) is 9.04. The van der Waals surface area contributed by atoms with E-state index in [1.165, 1.54) is 0 Å². The van der Waals surface area contributed by atoms with Crippen molar-refractivity contribution in [3.63, 3.8) is 0 Å². The summed E-state index contributed by atoms with van der Waals surface area (Å²) in [6.07, 6.45) is 9.47. The van der Waals surface area contributed by atoms with Crippen LogP contribution in [0.5, 0.6) is 5.75 Å². The molecule has 0 aliphatic carbocycles. The van der Waals surface area contributed by atoms with E-state index >= 15 is 0 Å². The topological polar surface area (TPSA) is 197 Å². The summed E-state index contributed by atoms with van der Waals surface area (Å²) in [6.45, 7) is 6.02. The first kappa shape index (κ1) is 45.6. The SMILES string of the molecule is CCCCCCc1c2nc(c(-c3cccc(O[C@@H]4OC(CO)[C@@H](O)C(O)C4O)c3)c3ccc([nH]3)c(CCCCCC)c3nc(c(CCCCCC)c4ccc1[nH]4)C(O)C3O)C=C2. The zero-order valence-corrected chi connectivity index (χ0v) is 36.5. The van der Waals surface area contributed by atoms with Gasteiger partial charge < -0.3 is 50.1 Å². The first-order valence-electron chi connectivity index (χ1n) is 23.1. The van der Waals surface area contributed by atoms with Crippen LogP contribution in [0, 0.1) is 0 Å². The predicted octanol–water partition coefficient (Wildman–Crippen LogP) is 8.47. The molecule has 0 saturated carbocycles. The molecule has 3 aromatic heterocycles. The van der Waals surface area contributed by atoms with Crippen LogP contribution in [0.3, 0.4) is 0 Å². The van der Waals surface area contributed by atoms with Crippen LogP contribution in [0.1, 0.15) is 149 Å². The summed E-state index contributed by atoms with van der Waals surface area (Å²) >= 11 is 0. The normalized spacial score (nSPS) is 22.4. The van der Waals surface area contributed by atoms with Crippen molar-refractivity contribution in [3.05, 3.63) is 88.0 Å². The number of benzene rings is 1. The Hall–Kier alpha value is -4.40. The van der Waals surface area contributed by atoms with Gasteiger partial charge in [0, 0.05) is 33.2 Å². The maximum atomic E-state index is 11.9. The highest BCUT2D eigenvalue weighted by Crippen LogP contribution is 2.40. The largest absolute Gasteiger partial charge is 0.462 e.